The molecule has 0 spiro atoms. The van der Waals surface area contributed by atoms with Gasteiger partial charge in [-0.25, -0.2) is 0 Å². The minimum atomic E-state index is 0.647. The van der Waals surface area contributed by atoms with Gasteiger partial charge in [0.05, 0.1) is 20.2 Å². The fraction of sp³-hybridized carbons (Fsp3) is 0.500. The highest BCUT2D eigenvalue weighted by Gasteiger charge is 1.89. The Kier molecular flexibility index (Phi) is 14.8. The second kappa shape index (κ2) is 13.9. The molecule has 100 valence electrons. The predicted octanol–water partition coefficient (Wildman–Crippen LogP) is 4.50. The molecular weight excluding hydrogens is 219 g/mol. The van der Waals surface area contributed by atoms with Crippen molar-refractivity contribution in [3.8, 4) is 0 Å². The quantitative estimate of drug-likeness (QED) is 0.561. The Bertz CT molecular complexity index is 288. The van der Waals surface area contributed by atoms with Crippen molar-refractivity contribution in [1.82, 2.24) is 0 Å². The van der Waals surface area contributed by atoms with Gasteiger partial charge in [0.25, 0.3) is 0 Å². The van der Waals surface area contributed by atoms with Crippen LogP contribution in [0.25, 0.3) is 0 Å². The van der Waals surface area contributed by atoms with E-state index in [-0.39, 0.29) is 0 Å². The van der Waals surface area contributed by atoms with Crippen molar-refractivity contribution in [1.29, 1.82) is 0 Å². The molecule has 0 unspecified atom stereocenters. The third kappa shape index (κ3) is 11.3. The first-order chi connectivity index (χ1) is 8.63. The number of allylic oxidation sites excluding steroid dienone is 1. The molecule has 1 nitrogen and oxygen atoms in total. The third-order valence-electron chi connectivity index (χ3n) is 2.03. The lowest BCUT2D eigenvalue weighted by molar-refractivity contribution is 0.233. The van der Waals surface area contributed by atoms with E-state index < -0.39 is 0 Å². The maximum Gasteiger partial charge on any atom is 0.0857 e. The monoisotopic (exact) mass is 246 g/mol. The molecule has 18 heavy (non-hydrogen) atoms. The van der Waals surface area contributed by atoms with E-state index in [1.807, 2.05) is 27.7 Å². The highest BCUT2D eigenvalue weighted by Crippen LogP contribution is 2.04. The minimum Gasteiger partial charge on any atom is -0.499 e. The number of ether oxygens (including phenoxy) is 1. The van der Waals surface area contributed by atoms with Crippen LogP contribution in [0.4, 0.5) is 0 Å². The Hall–Kier alpha value is -1.18. The van der Waals surface area contributed by atoms with E-state index in [9.17, 15) is 0 Å². The molecule has 0 aromatic heterocycles. The fourth-order valence-corrected chi connectivity index (χ4v) is 1.22. The van der Waals surface area contributed by atoms with Crippen LogP contribution in [-0.2, 0) is 17.5 Å². The van der Waals surface area contributed by atoms with E-state index in [1.165, 1.54) is 11.1 Å². The van der Waals surface area contributed by atoms with E-state index in [4.69, 9.17) is 12.6 Å². The summed E-state index contributed by atoms with van der Waals surface area (Å²) in [6.07, 6.45) is 1.74. The average molecular weight is 246 g/mol. The Labute approximate surface area is 115 Å². The third-order valence-corrected chi connectivity index (χ3v) is 2.03. The van der Waals surface area contributed by atoms with Crippen LogP contribution in [0.5, 0.6) is 0 Å². The van der Waals surface area contributed by atoms with Gasteiger partial charge in [0.15, 0.2) is 0 Å². The van der Waals surface area contributed by atoms with Gasteiger partial charge in [-0.05, 0) is 25.8 Å². The smallest absolute Gasteiger partial charge is 0.0857 e. The standard InChI is InChI=1S/C9H11B.C5H10O.C2H6/c1-2-8-4-3-5-9(6-8)7-10;1-4-6-5(2)3;1-2/h3-6H,2,7H2,1H3;2,4H2,1,3H3;1-2H3. The van der Waals surface area contributed by atoms with Crippen LogP contribution in [0.15, 0.2) is 36.6 Å². The molecule has 0 atom stereocenters. The molecule has 0 fully saturated rings. The molecule has 0 aliphatic heterocycles. The van der Waals surface area contributed by atoms with Crippen molar-refractivity contribution in [2.75, 3.05) is 6.61 Å². The minimum absolute atomic E-state index is 0.647. The van der Waals surface area contributed by atoms with Gasteiger partial charge in [0.1, 0.15) is 0 Å². The van der Waals surface area contributed by atoms with Crippen LogP contribution >= 0.6 is 0 Å². The second-order valence-electron chi connectivity index (χ2n) is 3.51. The van der Waals surface area contributed by atoms with Crippen molar-refractivity contribution >= 4 is 7.85 Å². The zero-order valence-corrected chi connectivity index (χ0v) is 12.6. The second-order valence-corrected chi connectivity index (χ2v) is 3.51. The molecular formula is C16H27BO. The van der Waals surface area contributed by atoms with Crippen LogP contribution in [0.2, 0.25) is 0 Å². The van der Waals surface area contributed by atoms with Crippen molar-refractivity contribution in [2.45, 2.75) is 47.4 Å². The molecule has 0 bridgehead atoms. The summed E-state index contributed by atoms with van der Waals surface area (Å²) in [6, 6.07) is 8.39. The van der Waals surface area contributed by atoms with Gasteiger partial charge < -0.3 is 4.74 Å². The van der Waals surface area contributed by atoms with Crippen LogP contribution in [-0.4, -0.2) is 14.5 Å². The Morgan fingerprint density at radius 1 is 1.22 bits per heavy atom. The van der Waals surface area contributed by atoms with Gasteiger partial charge in [-0.2, -0.15) is 0 Å². The summed E-state index contributed by atoms with van der Waals surface area (Å²) in [5.74, 6) is 0.789. The van der Waals surface area contributed by atoms with Crippen LogP contribution < -0.4 is 0 Å². The summed E-state index contributed by atoms with van der Waals surface area (Å²) < 4.78 is 4.85. The number of hydrogen-bond donors (Lipinski definition) is 0. The van der Waals surface area contributed by atoms with E-state index in [0.717, 1.165) is 18.8 Å². The van der Waals surface area contributed by atoms with Gasteiger partial charge in [-0.15, -0.1) is 0 Å². The summed E-state index contributed by atoms with van der Waals surface area (Å²) in [4.78, 5) is 0. The molecule has 1 aromatic rings. The molecule has 0 aliphatic rings. The number of benzene rings is 1. The molecule has 1 aromatic carbocycles. The van der Waals surface area contributed by atoms with Crippen LogP contribution in [0.3, 0.4) is 0 Å². The van der Waals surface area contributed by atoms with E-state index in [2.05, 4.69) is 37.8 Å². The van der Waals surface area contributed by atoms with E-state index in [0.29, 0.717) is 6.32 Å². The van der Waals surface area contributed by atoms with Gasteiger partial charge in [-0.1, -0.05) is 63.5 Å². The van der Waals surface area contributed by atoms with Crippen LogP contribution in [0, 0.1) is 0 Å². The molecule has 0 aliphatic carbocycles. The van der Waals surface area contributed by atoms with E-state index in [1.54, 1.807) is 0 Å². The Balaban J connectivity index is 0. The molecule has 0 N–H and O–H groups in total. The first-order valence-electron chi connectivity index (χ1n) is 6.70. The number of aryl methyl sites for hydroxylation is 1. The summed E-state index contributed by atoms with van der Waals surface area (Å²) in [6.45, 7) is 14.2. The highest BCUT2D eigenvalue weighted by atomic mass is 16.5. The first-order valence-corrected chi connectivity index (χ1v) is 6.70. The van der Waals surface area contributed by atoms with E-state index >= 15 is 0 Å². The fourth-order valence-electron chi connectivity index (χ4n) is 1.22. The number of hydrogen-bond acceptors (Lipinski definition) is 1. The Morgan fingerprint density at radius 3 is 2.11 bits per heavy atom. The maximum absolute atomic E-state index is 5.47. The lowest BCUT2D eigenvalue weighted by Crippen LogP contribution is -1.85. The zero-order valence-electron chi connectivity index (χ0n) is 12.6. The van der Waals surface area contributed by atoms with Crippen molar-refractivity contribution < 1.29 is 4.74 Å². The summed E-state index contributed by atoms with van der Waals surface area (Å²) >= 11 is 0. The SMILES string of the molecule is C=C(C)OCC.CC.[B]Cc1cccc(CC)c1. The summed E-state index contributed by atoms with van der Waals surface area (Å²) in [5, 5.41) is 0. The number of rotatable bonds is 4. The zero-order chi connectivity index (χ0) is 14.4. The van der Waals surface area contributed by atoms with Crippen molar-refractivity contribution in [3.05, 3.63) is 47.7 Å². The lowest BCUT2D eigenvalue weighted by Gasteiger charge is -1.98. The predicted molar refractivity (Wildman–Crippen MR) is 83.1 cm³/mol. The highest BCUT2D eigenvalue weighted by molar-refractivity contribution is 6.08. The molecule has 0 saturated heterocycles. The van der Waals surface area contributed by atoms with Gasteiger partial charge in [0.2, 0.25) is 0 Å². The van der Waals surface area contributed by atoms with Gasteiger partial charge >= 0.3 is 0 Å². The summed E-state index contributed by atoms with van der Waals surface area (Å²) in [5.41, 5.74) is 2.59. The lowest BCUT2D eigenvalue weighted by atomic mass is 9.95. The molecule has 0 saturated carbocycles. The average Bonchev–Trinajstić information content (AvgIpc) is 2.41. The first kappa shape index (κ1) is 19.2. The van der Waals surface area contributed by atoms with Crippen molar-refractivity contribution in [3.63, 3.8) is 0 Å². The Morgan fingerprint density at radius 2 is 1.78 bits per heavy atom. The van der Waals surface area contributed by atoms with Crippen LogP contribution in [0.1, 0.15) is 45.7 Å². The van der Waals surface area contributed by atoms with Gasteiger partial charge in [0, 0.05) is 0 Å². The summed E-state index contributed by atoms with van der Waals surface area (Å²) in [7, 11) is 5.47. The molecule has 0 amide bonds. The largest absolute Gasteiger partial charge is 0.499 e. The van der Waals surface area contributed by atoms with Gasteiger partial charge in [-0.3, -0.25) is 0 Å². The van der Waals surface area contributed by atoms with Crippen molar-refractivity contribution in [2.24, 2.45) is 0 Å². The maximum atomic E-state index is 5.47. The molecule has 2 heteroatoms. The molecule has 1 rings (SSSR count). The normalized spacial score (nSPS) is 8.28. The molecule has 2 radical (unpaired) electrons. The molecule has 0 heterocycles. The topological polar surface area (TPSA) is 9.23 Å².